The van der Waals surface area contributed by atoms with Crippen LogP contribution in [0.4, 0.5) is 0 Å². The average molecular weight is 254 g/mol. The van der Waals surface area contributed by atoms with Gasteiger partial charge in [-0.05, 0) is 13.0 Å². The zero-order valence-electron chi connectivity index (χ0n) is 11.5. The standard InChI is InChI=1S/C14H26N2O2/c1-2-3-4-5-6-7-8-9-10-16-11-13(17)15-14(18)12-16/h2-12H2,1H3,(H,15,17,18). The number of imide groups is 1. The van der Waals surface area contributed by atoms with Gasteiger partial charge in [0.05, 0.1) is 13.1 Å². The van der Waals surface area contributed by atoms with Gasteiger partial charge in [-0.3, -0.25) is 19.8 Å². The molecule has 0 atom stereocenters. The zero-order chi connectivity index (χ0) is 13.2. The van der Waals surface area contributed by atoms with Gasteiger partial charge in [-0.15, -0.1) is 0 Å². The number of amides is 2. The largest absolute Gasteiger partial charge is 0.294 e. The SMILES string of the molecule is CCCCCCCCCCN1CC(=O)NC(=O)C1. The van der Waals surface area contributed by atoms with Gasteiger partial charge < -0.3 is 0 Å². The molecule has 0 aliphatic carbocycles. The Labute approximate surface area is 110 Å². The first-order chi connectivity index (χ1) is 8.72. The first-order valence-electron chi connectivity index (χ1n) is 7.27. The maximum absolute atomic E-state index is 11.1. The van der Waals surface area contributed by atoms with Crippen LogP contribution in [0.25, 0.3) is 0 Å². The average Bonchev–Trinajstić information content (AvgIpc) is 2.31. The highest BCUT2D eigenvalue weighted by Gasteiger charge is 2.21. The first-order valence-corrected chi connectivity index (χ1v) is 7.27. The van der Waals surface area contributed by atoms with E-state index in [1.807, 2.05) is 4.90 Å². The lowest BCUT2D eigenvalue weighted by Gasteiger charge is -2.24. The Balaban J connectivity index is 1.94. The van der Waals surface area contributed by atoms with Crippen LogP contribution >= 0.6 is 0 Å². The van der Waals surface area contributed by atoms with Crippen LogP contribution in [0.3, 0.4) is 0 Å². The Morgan fingerprint density at radius 3 is 1.94 bits per heavy atom. The van der Waals surface area contributed by atoms with Crippen LogP contribution in [0.15, 0.2) is 0 Å². The van der Waals surface area contributed by atoms with Gasteiger partial charge in [-0.1, -0.05) is 51.9 Å². The molecular weight excluding hydrogens is 228 g/mol. The fourth-order valence-electron chi connectivity index (χ4n) is 2.32. The summed E-state index contributed by atoms with van der Waals surface area (Å²) in [7, 11) is 0. The molecule has 0 aromatic heterocycles. The Morgan fingerprint density at radius 1 is 0.889 bits per heavy atom. The minimum Gasteiger partial charge on any atom is -0.294 e. The minimum absolute atomic E-state index is 0.161. The summed E-state index contributed by atoms with van der Waals surface area (Å²) in [6, 6.07) is 0. The molecule has 0 saturated carbocycles. The van der Waals surface area contributed by atoms with Crippen molar-refractivity contribution in [1.29, 1.82) is 0 Å². The van der Waals surface area contributed by atoms with Crippen molar-refractivity contribution in [2.75, 3.05) is 19.6 Å². The molecule has 1 N–H and O–H groups in total. The molecule has 104 valence electrons. The topological polar surface area (TPSA) is 49.4 Å². The number of rotatable bonds is 9. The highest BCUT2D eigenvalue weighted by atomic mass is 16.2. The predicted molar refractivity (Wildman–Crippen MR) is 72.2 cm³/mol. The number of nitrogens with zero attached hydrogens (tertiary/aromatic N) is 1. The van der Waals surface area contributed by atoms with Gasteiger partial charge in [-0.2, -0.15) is 0 Å². The molecule has 0 aromatic carbocycles. The third-order valence-corrected chi connectivity index (χ3v) is 3.34. The van der Waals surface area contributed by atoms with Crippen LogP contribution < -0.4 is 5.32 Å². The molecule has 0 unspecified atom stereocenters. The van der Waals surface area contributed by atoms with Gasteiger partial charge >= 0.3 is 0 Å². The molecule has 4 nitrogen and oxygen atoms in total. The normalized spacial score (nSPS) is 16.9. The number of nitrogens with one attached hydrogen (secondary N) is 1. The van der Waals surface area contributed by atoms with Gasteiger partial charge in [0.15, 0.2) is 0 Å². The lowest BCUT2D eigenvalue weighted by Crippen LogP contribution is -2.51. The lowest BCUT2D eigenvalue weighted by molar-refractivity contribution is -0.136. The summed E-state index contributed by atoms with van der Waals surface area (Å²) in [5.41, 5.74) is 0. The molecule has 4 heteroatoms. The Morgan fingerprint density at radius 2 is 1.39 bits per heavy atom. The fourth-order valence-corrected chi connectivity index (χ4v) is 2.32. The van der Waals surface area contributed by atoms with Gasteiger partial charge in [0.1, 0.15) is 0 Å². The molecule has 1 rings (SSSR count). The summed E-state index contributed by atoms with van der Waals surface area (Å²) in [6.07, 6.45) is 10.2. The molecule has 0 radical (unpaired) electrons. The predicted octanol–water partition coefficient (Wildman–Crippen LogP) is 2.09. The van der Waals surface area contributed by atoms with Crippen LogP contribution in [0.2, 0.25) is 0 Å². The van der Waals surface area contributed by atoms with E-state index in [9.17, 15) is 9.59 Å². The molecule has 1 aliphatic heterocycles. The van der Waals surface area contributed by atoms with Gasteiger partial charge in [0.2, 0.25) is 11.8 Å². The molecule has 1 heterocycles. The number of unbranched alkanes of at least 4 members (excludes halogenated alkanes) is 7. The van der Waals surface area contributed by atoms with Gasteiger partial charge in [-0.25, -0.2) is 0 Å². The van der Waals surface area contributed by atoms with E-state index in [0.29, 0.717) is 13.1 Å². The van der Waals surface area contributed by atoms with Crippen molar-refractivity contribution >= 4 is 11.8 Å². The summed E-state index contributed by atoms with van der Waals surface area (Å²) >= 11 is 0. The van der Waals surface area contributed by atoms with Crippen LogP contribution in [-0.4, -0.2) is 36.3 Å². The number of hydrogen-bond donors (Lipinski definition) is 1. The zero-order valence-corrected chi connectivity index (χ0v) is 11.5. The highest BCUT2D eigenvalue weighted by molar-refractivity contribution is 5.99. The molecule has 0 aromatic rings. The van der Waals surface area contributed by atoms with E-state index in [1.165, 1.54) is 44.9 Å². The van der Waals surface area contributed by atoms with Gasteiger partial charge in [0.25, 0.3) is 0 Å². The molecule has 1 fully saturated rings. The third kappa shape index (κ3) is 6.74. The molecule has 1 saturated heterocycles. The second kappa shape index (κ2) is 9.09. The summed E-state index contributed by atoms with van der Waals surface area (Å²) in [5.74, 6) is -0.323. The van der Waals surface area contributed by atoms with E-state index in [4.69, 9.17) is 0 Å². The maximum atomic E-state index is 11.1. The van der Waals surface area contributed by atoms with Crippen molar-refractivity contribution < 1.29 is 9.59 Å². The van der Waals surface area contributed by atoms with Crippen LogP contribution in [0.1, 0.15) is 58.3 Å². The van der Waals surface area contributed by atoms with E-state index in [2.05, 4.69) is 12.2 Å². The van der Waals surface area contributed by atoms with Crippen molar-refractivity contribution in [3.63, 3.8) is 0 Å². The van der Waals surface area contributed by atoms with Crippen molar-refractivity contribution in [3.05, 3.63) is 0 Å². The van der Waals surface area contributed by atoms with E-state index < -0.39 is 0 Å². The quantitative estimate of drug-likeness (QED) is 0.506. The van der Waals surface area contributed by atoms with Crippen molar-refractivity contribution in [2.45, 2.75) is 58.3 Å². The van der Waals surface area contributed by atoms with Crippen molar-refractivity contribution in [2.24, 2.45) is 0 Å². The smallest absolute Gasteiger partial charge is 0.240 e. The molecule has 0 bridgehead atoms. The number of piperazine rings is 1. The van der Waals surface area contributed by atoms with E-state index >= 15 is 0 Å². The number of hydrogen-bond acceptors (Lipinski definition) is 3. The molecule has 0 spiro atoms. The molecular formula is C14H26N2O2. The third-order valence-electron chi connectivity index (χ3n) is 3.34. The van der Waals surface area contributed by atoms with E-state index in [0.717, 1.165) is 13.0 Å². The van der Waals surface area contributed by atoms with Crippen LogP contribution in [-0.2, 0) is 9.59 Å². The second-order valence-corrected chi connectivity index (χ2v) is 5.16. The second-order valence-electron chi connectivity index (χ2n) is 5.16. The Hall–Kier alpha value is -0.900. The Kier molecular flexibility index (Phi) is 7.65. The minimum atomic E-state index is -0.161. The number of carbonyl (C=O) groups is 2. The highest BCUT2D eigenvalue weighted by Crippen LogP contribution is 2.09. The number of carbonyl (C=O) groups excluding carboxylic acids is 2. The first kappa shape index (κ1) is 15.2. The Bertz CT molecular complexity index is 251. The summed E-state index contributed by atoms with van der Waals surface area (Å²) in [6.45, 7) is 3.86. The van der Waals surface area contributed by atoms with Crippen LogP contribution in [0, 0.1) is 0 Å². The summed E-state index contributed by atoms with van der Waals surface area (Å²) in [4.78, 5) is 24.2. The van der Waals surface area contributed by atoms with Crippen molar-refractivity contribution in [1.82, 2.24) is 10.2 Å². The lowest BCUT2D eigenvalue weighted by atomic mass is 10.1. The summed E-state index contributed by atoms with van der Waals surface area (Å²) in [5, 5.41) is 2.32. The fraction of sp³-hybridized carbons (Fsp3) is 0.857. The van der Waals surface area contributed by atoms with E-state index in [1.54, 1.807) is 0 Å². The molecule has 2 amide bonds. The molecule has 18 heavy (non-hydrogen) atoms. The van der Waals surface area contributed by atoms with Crippen LogP contribution in [0.5, 0.6) is 0 Å². The monoisotopic (exact) mass is 254 g/mol. The molecule has 1 aliphatic rings. The summed E-state index contributed by atoms with van der Waals surface area (Å²) < 4.78 is 0. The van der Waals surface area contributed by atoms with Gasteiger partial charge in [0, 0.05) is 0 Å². The maximum Gasteiger partial charge on any atom is 0.240 e. The van der Waals surface area contributed by atoms with E-state index in [-0.39, 0.29) is 11.8 Å². The van der Waals surface area contributed by atoms with Crippen molar-refractivity contribution in [3.8, 4) is 0 Å².